The van der Waals surface area contributed by atoms with Gasteiger partial charge < -0.3 is 19.3 Å². The summed E-state index contributed by atoms with van der Waals surface area (Å²) in [6.45, 7) is 11.9. The zero-order chi connectivity index (χ0) is 31.5. The second-order valence-corrected chi connectivity index (χ2v) is 17.0. The van der Waals surface area contributed by atoms with E-state index in [0.717, 1.165) is 10.4 Å². The first-order chi connectivity index (χ1) is 21.1. The van der Waals surface area contributed by atoms with Crippen molar-refractivity contribution >= 4 is 41.7 Å². The molecular weight excluding hydrogens is 593 g/mol. The van der Waals surface area contributed by atoms with Crippen molar-refractivity contribution in [3.63, 3.8) is 0 Å². The number of benzene rings is 3. The van der Waals surface area contributed by atoms with Gasteiger partial charge >= 0.3 is 0 Å². The van der Waals surface area contributed by atoms with Crippen LogP contribution in [0.1, 0.15) is 51.3 Å². The summed E-state index contributed by atoms with van der Waals surface area (Å²) in [6.07, 6.45) is 2.99. The van der Waals surface area contributed by atoms with Crippen molar-refractivity contribution in [1.29, 1.82) is 0 Å². The average Bonchev–Trinajstić information content (AvgIpc) is 3.00. The van der Waals surface area contributed by atoms with Crippen LogP contribution in [0.25, 0.3) is 0 Å². The van der Waals surface area contributed by atoms with E-state index in [0.29, 0.717) is 29.9 Å². The zero-order valence-electron chi connectivity index (χ0n) is 25.8. The van der Waals surface area contributed by atoms with Crippen LogP contribution in [0, 0.1) is 5.82 Å². The summed E-state index contributed by atoms with van der Waals surface area (Å²) < 4.78 is 29.6. The molecule has 6 nitrogen and oxygen atoms in total. The molecule has 44 heavy (non-hydrogen) atoms. The minimum absolute atomic E-state index is 0.0416. The van der Waals surface area contributed by atoms with Crippen molar-refractivity contribution in [2.75, 3.05) is 18.0 Å². The van der Waals surface area contributed by atoms with Crippen molar-refractivity contribution in [3.8, 4) is 0 Å². The molecule has 4 aromatic rings. The molecule has 0 saturated carbocycles. The maximum Gasteiger partial charge on any atom is 0.261 e. The number of nitrogens with zero attached hydrogens (tertiary/aromatic N) is 3. The smallest absolute Gasteiger partial charge is 0.261 e. The number of morpholine rings is 1. The van der Waals surface area contributed by atoms with Crippen molar-refractivity contribution in [2.24, 2.45) is 5.16 Å². The van der Waals surface area contributed by atoms with E-state index in [1.165, 1.54) is 0 Å². The molecule has 230 valence electrons. The fraction of sp³-hybridized carbons (Fsp3) is 0.314. The van der Waals surface area contributed by atoms with Crippen LogP contribution in [0.4, 0.5) is 10.1 Å². The van der Waals surface area contributed by atoms with Crippen molar-refractivity contribution in [1.82, 2.24) is 4.98 Å². The second-order valence-electron chi connectivity index (χ2n) is 12.4. The van der Waals surface area contributed by atoms with Gasteiger partial charge in [0, 0.05) is 42.2 Å². The SMILES string of the molecule is C[C@@H]1CN(c2c(CO[Si](c3ccccc3)(c3ccccc3)C(C)(C)C)cc(C(=NO)c3ccncc3)c(F)c2Cl)C[C@H](C)O1. The van der Waals surface area contributed by atoms with Crippen LogP contribution in [0.5, 0.6) is 0 Å². The lowest BCUT2D eigenvalue weighted by Crippen LogP contribution is -2.66. The first-order valence-electron chi connectivity index (χ1n) is 14.9. The predicted molar refractivity (Wildman–Crippen MR) is 178 cm³/mol. The van der Waals surface area contributed by atoms with E-state index in [9.17, 15) is 5.21 Å². The van der Waals surface area contributed by atoms with Gasteiger partial charge in [-0.05, 0) is 47.5 Å². The van der Waals surface area contributed by atoms with Crippen LogP contribution in [0.3, 0.4) is 0 Å². The molecule has 9 heteroatoms. The van der Waals surface area contributed by atoms with E-state index >= 15 is 4.39 Å². The highest BCUT2D eigenvalue weighted by molar-refractivity contribution is 6.99. The van der Waals surface area contributed by atoms with Crippen LogP contribution in [-0.2, 0) is 15.8 Å². The second kappa shape index (κ2) is 13.2. The largest absolute Gasteiger partial charge is 0.410 e. The number of pyridine rings is 1. The molecule has 1 saturated heterocycles. The molecule has 5 rings (SSSR count). The third-order valence-corrected chi connectivity index (χ3v) is 13.5. The van der Waals surface area contributed by atoms with Gasteiger partial charge in [0.2, 0.25) is 0 Å². The molecule has 0 spiro atoms. The highest BCUT2D eigenvalue weighted by Crippen LogP contribution is 2.41. The van der Waals surface area contributed by atoms with E-state index in [1.807, 2.05) is 50.2 Å². The van der Waals surface area contributed by atoms with Gasteiger partial charge in [0.1, 0.15) is 10.7 Å². The summed E-state index contributed by atoms with van der Waals surface area (Å²) in [5.74, 6) is -0.660. The molecule has 0 aliphatic carbocycles. The first kappa shape index (κ1) is 31.8. The van der Waals surface area contributed by atoms with Gasteiger partial charge in [-0.15, -0.1) is 0 Å². The minimum Gasteiger partial charge on any atom is -0.410 e. The molecule has 0 unspecified atom stereocenters. The number of oxime groups is 1. The Morgan fingerprint density at radius 2 is 1.55 bits per heavy atom. The van der Waals surface area contributed by atoms with Crippen LogP contribution in [0.15, 0.2) is 96.4 Å². The minimum atomic E-state index is -2.95. The highest BCUT2D eigenvalue weighted by Gasteiger charge is 2.50. The van der Waals surface area contributed by atoms with Crippen LogP contribution in [-0.4, -0.2) is 49.5 Å². The third kappa shape index (κ3) is 6.17. The number of rotatable bonds is 8. The number of aromatic nitrogens is 1. The normalized spacial score (nSPS) is 18.0. The maximum atomic E-state index is 16.3. The summed E-state index contributed by atoms with van der Waals surface area (Å²) in [5.41, 5.74) is 1.94. The molecule has 3 aromatic carbocycles. The Kier molecular flexibility index (Phi) is 9.55. The molecule has 1 N–H and O–H groups in total. The Morgan fingerprint density at radius 1 is 1.00 bits per heavy atom. The van der Waals surface area contributed by atoms with Gasteiger partial charge in [-0.3, -0.25) is 4.98 Å². The fourth-order valence-electron chi connectivity index (χ4n) is 6.38. The Balaban J connectivity index is 1.70. The maximum absolute atomic E-state index is 16.3. The summed E-state index contributed by atoms with van der Waals surface area (Å²) in [6, 6.07) is 25.8. The lowest BCUT2D eigenvalue weighted by Gasteiger charge is -2.43. The summed E-state index contributed by atoms with van der Waals surface area (Å²) in [4.78, 5) is 6.13. The van der Waals surface area contributed by atoms with E-state index in [1.54, 1.807) is 30.6 Å². The standard InChI is InChI=1S/C35H39ClFN3O3Si/c1-24-21-40(22-25(2)43-24)34-27(20-30(32(37)31(34)36)33(39-41)26-16-18-38-19-17-26)23-42-44(35(3,4)5,28-12-8-6-9-13-28)29-14-10-7-11-15-29/h6-20,24-25,41H,21-23H2,1-5H3/t24-,25+. The first-order valence-corrected chi connectivity index (χ1v) is 17.1. The Labute approximate surface area is 265 Å². The number of hydrogen-bond acceptors (Lipinski definition) is 6. The molecular formula is C35H39ClFN3O3Si. The van der Waals surface area contributed by atoms with Crippen molar-refractivity contribution in [3.05, 3.63) is 119 Å². The lowest BCUT2D eigenvalue weighted by molar-refractivity contribution is -0.00532. The molecule has 1 fully saturated rings. The Morgan fingerprint density at radius 3 is 2.05 bits per heavy atom. The third-order valence-electron chi connectivity index (χ3n) is 8.17. The number of halogens is 2. The predicted octanol–water partition coefficient (Wildman–Crippen LogP) is 6.79. The van der Waals surface area contributed by atoms with Crippen molar-refractivity contribution < 1.29 is 18.8 Å². The van der Waals surface area contributed by atoms with Crippen LogP contribution >= 0.6 is 11.6 Å². The average molecular weight is 632 g/mol. The van der Waals surface area contributed by atoms with Gasteiger partial charge in [0.15, 0.2) is 5.82 Å². The zero-order valence-corrected chi connectivity index (χ0v) is 27.6. The summed E-state index contributed by atoms with van der Waals surface area (Å²) in [5, 5.41) is 15.6. The lowest BCUT2D eigenvalue weighted by atomic mass is 9.98. The van der Waals surface area contributed by atoms with Gasteiger partial charge in [0.25, 0.3) is 8.32 Å². The van der Waals surface area contributed by atoms with E-state index in [-0.39, 0.29) is 40.2 Å². The summed E-state index contributed by atoms with van der Waals surface area (Å²) >= 11 is 6.94. The highest BCUT2D eigenvalue weighted by atomic mass is 35.5. The van der Waals surface area contributed by atoms with E-state index in [2.05, 4.69) is 60.1 Å². The van der Waals surface area contributed by atoms with Gasteiger partial charge in [-0.1, -0.05) is 98.2 Å². The van der Waals surface area contributed by atoms with Gasteiger partial charge in [-0.2, -0.15) is 0 Å². The monoisotopic (exact) mass is 631 g/mol. The fourth-order valence-corrected chi connectivity index (χ4v) is 11.2. The number of ether oxygens (including phenoxy) is 1. The molecule has 0 amide bonds. The number of hydrogen-bond donors (Lipinski definition) is 1. The topological polar surface area (TPSA) is 67.2 Å². The molecule has 0 radical (unpaired) electrons. The van der Waals surface area contributed by atoms with Crippen LogP contribution in [0.2, 0.25) is 10.1 Å². The Hall–Kier alpha value is -3.56. The summed E-state index contributed by atoms with van der Waals surface area (Å²) in [7, 11) is -2.95. The van der Waals surface area contributed by atoms with Gasteiger partial charge in [0.05, 0.1) is 24.5 Å². The molecule has 2 atom stereocenters. The molecule has 0 bridgehead atoms. The molecule has 2 heterocycles. The van der Waals surface area contributed by atoms with Gasteiger partial charge in [-0.25, -0.2) is 4.39 Å². The molecule has 1 aliphatic rings. The Bertz CT molecular complexity index is 1550. The van der Waals surface area contributed by atoms with E-state index < -0.39 is 14.1 Å². The molecule has 1 aromatic heterocycles. The van der Waals surface area contributed by atoms with Crippen LogP contribution < -0.4 is 15.3 Å². The van der Waals surface area contributed by atoms with E-state index in [4.69, 9.17) is 20.8 Å². The van der Waals surface area contributed by atoms with Crippen molar-refractivity contribution in [2.45, 2.75) is 58.5 Å². The number of anilines is 1. The quantitative estimate of drug-likeness (QED) is 0.100. The molecule has 1 aliphatic heterocycles.